The second-order valence-electron chi connectivity index (χ2n) is 5.73. The Morgan fingerprint density at radius 1 is 1.05 bits per heavy atom. The lowest BCUT2D eigenvalue weighted by molar-refractivity contribution is 0.549. The van der Waals surface area contributed by atoms with E-state index in [1.165, 1.54) is 12.1 Å². The molecule has 0 unspecified atom stereocenters. The molecule has 1 aromatic heterocycles. The first-order chi connectivity index (χ1) is 9.97. The molecule has 0 spiro atoms. The van der Waals surface area contributed by atoms with Crippen LogP contribution in [-0.4, -0.2) is 16.5 Å². The third kappa shape index (κ3) is 4.08. The minimum Gasteiger partial charge on any atom is -0.312 e. The number of aryl methyl sites for hydroxylation is 2. The van der Waals surface area contributed by atoms with Crippen LogP contribution in [0, 0.1) is 25.6 Å². The van der Waals surface area contributed by atoms with Crippen LogP contribution in [0.3, 0.4) is 0 Å². The molecular weight excluding hydrogens is 265 g/mol. The highest BCUT2D eigenvalue weighted by atomic mass is 19.1. The van der Waals surface area contributed by atoms with E-state index in [0.717, 1.165) is 35.6 Å². The summed E-state index contributed by atoms with van der Waals surface area (Å²) in [6.07, 6.45) is 0. The highest BCUT2D eigenvalue weighted by molar-refractivity contribution is 5.55. The third-order valence-corrected chi connectivity index (χ3v) is 3.38. The molecule has 0 amide bonds. The van der Waals surface area contributed by atoms with Gasteiger partial charge in [0.05, 0.1) is 0 Å². The number of hydrogen-bond acceptors (Lipinski definition) is 3. The fourth-order valence-electron chi connectivity index (χ4n) is 2.21. The Kier molecular flexibility index (Phi) is 5.02. The summed E-state index contributed by atoms with van der Waals surface area (Å²) in [6.45, 7) is 10.1. The summed E-state index contributed by atoms with van der Waals surface area (Å²) >= 11 is 0. The van der Waals surface area contributed by atoms with Gasteiger partial charge < -0.3 is 5.32 Å². The maximum Gasteiger partial charge on any atom is 0.159 e. The third-order valence-electron chi connectivity index (χ3n) is 3.38. The maximum atomic E-state index is 13.0. The van der Waals surface area contributed by atoms with Crippen molar-refractivity contribution in [2.45, 2.75) is 34.2 Å². The fourth-order valence-corrected chi connectivity index (χ4v) is 2.21. The van der Waals surface area contributed by atoms with Gasteiger partial charge >= 0.3 is 0 Å². The van der Waals surface area contributed by atoms with Crippen LogP contribution in [0.1, 0.15) is 30.8 Å². The van der Waals surface area contributed by atoms with Gasteiger partial charge in [-0.05, 0) is 50.6 Å². The van der Waals surface area contributed by atoms with Gasteiger partial charge in [-0.1, -0.05) is 13.8 Å². The molecule has 0 fully saturated rings. The van der Waals surface area contributed by atoms with Crippen LogP contribution < -0.4 is 5.32 Å². The van der Waals surface area contributed by atoms with Crippen molar-refractivity contribution in [1.82, 2.24) is 15.3 Å². The van der Waals surface area contributed by atoms with E-state index in [9.17, 15) is 4.39 Å². The summed E-state index contributed by atoms with van der Waals surface area (Å²) in [7, 11) is 0. The lowest BCUT2D eigenvalue weighted by Gasteiger charge is -2.13. The van der Waals surface area contributed by atoms with Crippen molar-refractivity contribution in [2.75, 3.05) is 6.54 Å². The molecule has 0 atom stereocenters. The molecule has 1 N–H and O–H groups in total. The zero-order chi connectivity index (χ0) is 15.4. The van der Waals surface area contributed by atoms with Crippen molar-refractivity contribution >= 4 is 0 Å². The van der Waals surface area contributed by atoms with Crippen molar-refractivity contribution in [3.05, 3.63) is 47.0 Å². The number of aromatic nitrogens is 2. The molecule has 21 heavy (non-hydrogen) atoms. The van der Waals surface area contributed by atoms with Crippen LogP contribution in [-0.2, 0) is 6.54 Å². The van der Waals surface area contributed by atoms with Crippen molar-refractivity contribution < 1.29 is 4.39 Å². The Bertz CT molecular complexity index is 583. The van der Waals surface area contributed by atoms with Crippen LogP contribution >= 0.6 is 0 Å². The Morgan fingerprint density at radius 3 is 2.14 bits per heavy atom. The maximum absolute atomic E-state index is 13.0. The van der Waals surface area contributed by atoms with Crippen LogP contribution in [0.15, 0.2) is 24.3 Å². The minimum absolute atomic E-state index is 0.248. The average Bonchev–Trinajstić information content (AvgIpc) is 2.42. The van der Waals surface area contributed by atoms with Gasteiger partial charge in [-0.15, -0.1) is 0 Å². The SMILES string of the molecule is Cc1nc(-c2ccc(F)cc2)nc(C)c1CNCC(C)C. The standard InChI is InChI=1S/C17H22FN3/c1-11(2)9-19-10-16-12(3)20-17(21-13(16)4)14-5-7-15(18)8-6-14/h5-8,11,19H,9-10H2,1-4H3. The Labute approximate surface area is 125 Å². The molecule has 112 valence electrons. The number of nitrogens with one attached hydrogen (secondary N) is 1. The molecule has 0 saturated carbocycles. The molecule has 0 aliphatic heterocycles. The average molecular weight is 287 g/mol. The molecule has 2 aromatic rings. The molecular formula is C17H22FN3. The van der Waals surface area contributed by atoms with Crippen molar-refractivity contribution in [1.29, 1.82) is 0 Å². The van der Waals surface area contributed by atoms with E-state index in [1.807, 2.05) is 13.8 Å². The smallest absolute Gasteiger partial charge is 0.159 e. The lowest BCUT2D eigenvalue weighted by Crippen LogP contribution is -2.21. The topological polar surface area (TPSA) is 37.8 Å². The summed E-state index contributed by atoms with van der Waals surface area (Å²) in [4.78, 5) is 9.12. The minimum atomic E-state index is -0.248. The largest absolute Gasteiger partial charge is 0.312 e. The first kappa shape index (κ1) is 15.6. The number of halogens is 1. The van der Waals surface area contributed by atoms with Gasteiger partial charge in [-0.25, -0.2) is 14.4 Å². The monoisotopic (exact) mass is 287 g/mol. The van der Waals surface area contributed by atoms with E-state index in [-0.39, 0.29) is 5.82 Å². The molecule has 1 heterocycles. The Balaban J connectivity index is 2.22. The Hall–Kier alpha value is -1.81. The molecule has 0 radical (unpaired) electrons. The first-order valence-corrected chi connectivity index (χ1v) is 7.28. The van der Waals surface area contributed by atoms with Gasteiger partial charge in [0.1, 0.15) is 5.82 Å². The lowest BCUT2D eigenvalue weighted by atomic mass is 10.1. The summed E-state index contributed by atoms with van der Waals surface area (Å²) in [6, 6.07) is 6.28. The fraction of sp³-hybridized carbons (Fsp3) is 0.412. The van der Waals surface area contributed by atoms with Crippen molar-refractivity contribution in [3.8, 4) is 11.4 Å². The van der Waals surface area contributed by atoms with Crippen LogP contribution in [0.4, 0.5) is 4.39 Å². The molecule has 3 nitrogen and oxygen atoms in total. The predicted molar refractivity (Wildman–Crippen MR) is 83.4 cm³/mol. The number of rotatable bonds is 5. The normalized spacial score (nSPS) is 11.1. The van der Waals surface area contributed by atoms with Crippen LogP contribution in [0.25, 0.3) is 11.4 Å². The van der Waals surface area contributed by atoms with E-state index < -0.39 is 0 Å². The molecule has 0 aliphatic carbocycles. The van der Waals surface area contributed by atoms with E-state index in [0.29, 0.717) is 11.7 Å². The molecule has 1 aromatic carbocycles. The highest BCUT2D eigenvalue weighted by Gasteiger charge is 2.10. The molecule has 2 rings (SSSR count). The number of nitrogens with zero attached hydrogens (tertiary/aromatic N) is 2. The molecule has 0 saturated heterocycles. The zero-order valence-corrected chi connectivity index (χ0v) is 13.1. The van der Waals surface area contributed by atoms with Crippen molar-refractivity contribution in [3.63, 3.8) is 0 Å². The zero-order valence-electron chi connectivity index (χ0n) is 13.1. The predicted octanol–water partition coefficient (Wildman–Crippen LogP) is 3.65. The van der Waals surface area contributed by atoms with E-state index in [4.69, 9.17) is 0 Å². The van der Waals surface area contributed by atoms with Gasteiger partial charge in [0.15, 0.2) is 5.82 Å². The van der Waals surface area contributed by atoms with Gasteiger partial charge in [-0.3, -0.25) is 0 Å². The summed E-state index contributed by atoms with van der Waals surface area (Å²) in [5, 5.41) is 3.42. The van der Waals surface area contributed by atoms with Gasteiger partial charge in [0.2, 0.25) is 0 Å². The highest BCUT2D eigenvalue weighted by Crippen LogP contribution is 2.19. The van der Waals surface area contributed by atoms with E-state index >= 15 is 0 Å². The number of benzene rings is 1. The van der Waals surface area contributed by atoms with Crippen molar-refractivity contribution in [2.24, 2.45) is 5.92 Å². The number of hydrogen-bond donors (Lipinski definition) is 1. The van der Waals surface area contributed by atoms with Gasteiger partial charge in [-0.2, -0.15) is 0 Å². The molecule has 0 aliphatic rings. The molecule has 0 bridgehead atoms. The second kappa shape index (κ2) is 6.76. The van der Waals surface area contributed by atoms with E-state index in [1.54, 1.807) is 12.1 Å². The Morgan fingerprint density at radius 2 is 1.62 bits per heavy atom. The van der Waals surface area contributed by atoms with Crippen LogP contribution in [0.2, 0.25) is 0 Å². The molecule has 4 heteroatoms. The summed E-state index contributed by atoms with van der Waals surface area (Å²) in [5.41, 5.74) is 3.92. The van der Waals surface area contributed by atoms with E-state index in [2.05, 4.69) is 29.1 Å². The van der Waals surface area contributed by atoms with Gasteiger partial charge in [0, 0.05) is 29.1 Å². The van der Waals surface area contributed by atoms with Crippen LogP contribution in [0.5, 0.6) is 0 Å². The first-order valence-electron chi connectivity index (χ1n) is 7.28. The summed E-state index contributed by atoms with van der Waals surface area (Å²) < 4.78 is 13.0. The quantitative estimate of drug-likeness (QED) is 0.912. The summed E-state index contributed by atoms with van der Waals surface area (Å²) in [5.74, 6) is 1.02. The van der Waals surface area contributed by atoms with Gasteiger partial charge in [0.25, 0.3) is 0 Å². The second-order valence-corrected chi connectivity index (χ2v) is 5.73.